The van der Waals surface area contributed by atoms with Crippen LogP contribution in [-0.4, -0.2) is 38.8 Å². The molecule has 0 bridgehead atoms. The zero-order chi connectivity index (χ0) is 17.7. The second kappa shape index (κ2) is 8.19. The number of aromatic nitrogens is 3. The maximum atomic E-state index is 12.6. The van der Waals surface area contributed by atoms with Gasteiger partial charge in [0, 0.05) is 26.1 Å². The van der Waals surface area contributed by atoms with Crippen LogP contribution in [0.25, 0.3) is 0 Å². The lowest BCUT2D eigenvalue weighted by Gasteiger charge is -2.30. The van der Waals surface area contributed by atoms with Gasteiger partial charge >= 0.3 is 6.03 Å². The molecule has 6 heteroatoms. The number of rotatable bonds is 4. The summed E-state index contributed by atoms with van der Waals surface area (Å²) in [7, 11) is 0. The number of carbonyl (C=O) groups excluding carboxylic acids is 1. The Hall–Kier alpha value is -1.59. The predicted octanol–water partition coefficient (Wildman–Crippen LogP) is 3.51. The molecule has 1 aromatic rings. The molecule has 0 radical (unpaired) electrons. The Morgan fingerprint density at radius 2 is 1.88 bits per heavy atom. The van der Waals surface area contributed by atoms with Gasteiger partial charge in [0.15, 0.2) is 5.82 Å². The normalized spacial score (nSPS) is 20.5. The van der Waals surface area contributed by atoms with Crippen molar-refractivity contribution in [1.82, 2.24) is 25.0 Å². The maximum absolute atomic E-state index is 12.6. The molecular weight excluding hydrogens is 314 g/mol. The number of likely N-dealkylation sites (tertiary alicyclic amines) is 1. The average Bonchev–Trinajstić information content (AvgIpc) is 2.83. The molecule has 0 atom stereocenters. The van der Waals surface area contributed by atoms with E-state index in [2.05, 4.69) is 33.9 Å². The highest BCUT2D eigenvalue weighted by Gasteiger charge is 2.30. The smallest absolute Gasteiger partial charge is 0.317 e. The second-order valence-corrected chi connectivity index (χ2v) is 7.70. The van der Waals surface area contributed by atoms with E-state index in [-0.39, 0.29) is 6.03 Å². The number of nitrogens with one attached hydrogen (secondary N) is 1. The highest BCUT2D eigenvalue weighted by molar-refractivity contribution is 5.74. The molecule has 6 nitrogen and oxygen atoms in total. The molecule has 0 aromatic carbocycles. The van der Waals surface area contributed by atoms with Crippen molar-refractivity contribution in [3.05, 3.63) is 11.6 Å². The molecule has 1 N–H and O–H groups in total. The van der Waals surface area contributed by atoms with E-state index in [4.69, 9.17) is 0 Å². The minimum atomic E-state index is 0.0500. The third-order valence-electron chi connectivity index (χ3n) is 6.42. The first-order chi connectivity index (χ1) is 12.2. The fourth-order valence-corrected chi connectivity index (χ4v) is 4.36. The van der Waals surface area contributed by atoms with Crippen molar-refractivity contribution in [2.45, 2.75) is 84.7 Å². The van der Waals surface area contributed by atoms with Crippen LogP contribution in [0, 0.1) is 5.41 Å². The minimum Gasteiger partial charge on any atom is -0.331 e. The monoisotopic (exact) mass is 347 g/mol. The van der Waals surface area contributed by atoms with Crippen LogP contribution in [0.5, 0.6) is 0 Å². The summed E-state index contributed by atoms with van der Waals surface area (Å²) in [5.41, 5.74) is 0.430. The Bertz CT molecular complexity index is 578. The maximum Gasteiger partial charge on any atom is 0.317 e. The Balaban J connectivity index is 1.55. The van der Waals surface area contributed by atoms with Crippen molar-refractivity contribution in [2.75, 3.05) is 13.1 Å². The zero-order valence-corrected chi connectivity index (χ0v) is 15.9. The number of carbonyl (C=O) groups is 1. The molecular formula is C19H33N5O. The van der Waals surface area contributed by atoms with Gasteiger partial charge in [-0.2, -0.15) is 0 Å². The van der Waals surface area contributed by atoms with Gasteiger partial charge in [-0.15, -0.1) is 10.2 Å². The molecule has 1 aromatic heterocycles. The van der Waals surface area contributed by atoms with Gasteiger partial charge in [0.1, 0.15) is 5.82 Å². The van der Waals surface area contributed by atoms with E-state index < -0.39 is 0 Å². The first-order valence-electron chi connectivity index (χ1n) is 10.1. The Morgan fingerprint density at radius 3 is 2.68 bits per heavy atom. The number of amides is 2. The van der Waals surface area contributed by atoms with Crippen molar-refractivity contribution in [2.24, 2.45) is 5.41 Å². The summed E-state index contributed by atoms with van der Waals surface area (Å²) < 4.78 is 2.20. The molecule has 0 saturated carbocycles. The molecule has 3 rings (SSSR count). The molecule has 1 fully saturated rings. The first-order valence-corrected chi connectivity index (χ1v) is 10.1. The van der Waals surface area contributed by atoms with E-state index in [9.17, 15) is 4.79 Å². The van der Waals surface area contributed by atoms with Gasteiger partial charge in [-0.05, 0) is 37.5 Å². The molecule has 1 saturated heterocycles. The van der Waals surface area contributed by atoms with Crippen molar-refractivity contribution in [1.29, 1.82) is 0 Å². The summed E-state index contributed by atoms with van der Waals surface area (Å²) in [5.74, 6) is 1.98. The lowest BCUT2D eigenvalue weighted by molar-refractivity contribution is 0.190. The van der Waals surface area contributed by atoms with E-state index in [1.807, 2.05) is 4.90 Å². The summed E-state index contributed by atoms with van der Waals surface area (Å²) in [5, 5.41) is 11.7. The quantitative estimate of drug-likeness (QED) is 0.906. The molecule has 3 heterocycles. The molecule has 0 unspecified atom stereocenters. The third kappa shape index (κ3) is 4.15. The summed E-state index contributed by atoms with van der Waals surface area (Å²) in [6.45, 7) is 7.77. The van der Waals surface area contributed by atoms with E-state index >= 15 is 0 Å². The van der Waals surface area contributed by atoms with Crippen LogP contribution in [-0.2, 0) is 19.5 Å². The van der Waals surface area contributed by atoms with Gasteiger partial charge < -0.3 is 14.8 Å². The molecule has 2 aliphatic heterocycles. The van der Waals surface area contributed by atoms with Crippen molar-refractivity contribution < 1.29 is 4.79 Å². The number of hydrogen-bond donors (Lipinski definition) is 1. The lowest BCUT2D eigenvalue weighted by Crippen LogP contribution is -2.41. The standard InChI is InChI=1S/C19H33N5O/c1-3-19(4-2)10-8-12-23(14-11-19)18(25)20-15-17-22-21-16-9-6-5-7-13-24(16)17/h3-15H2,1-2H3,(H,20,25). The number of urea groups is 1. The van der Waals surface area contributed by atoms with Crippen LogP contribution in [0.2, 0.25) is 0 Å². The van der Waals surface area contributed by atoms with Gasteiger partial charge in [0.2, 0.25) is 0 Å². The molecule has 2 amide bonds. The van der Waals surface area contributed by atoms with Crippen LogP contribution >= 0.6 is 0 Å². The largest absolute Gasteiger partial charge is 0.331 e. The Morgan fingerprint density at radius 1 is 1.04 bits per heavy atom. The molecule has 140 valence electrons. The Kier molecular flexibility index (Phi) is 5.97. The number of nitrogens with zero attached hydrogens (tertiary/aromatic N) is 4. The zero-order valence-electron chi connectivity index (χ0n) is 15.9. The summed E-state index contributed by atoms with van der Waals surface area (Å²) in [6.07, 6.45) is 10.5. The van der Waals surface area contributed by atoms with Crippen molar-refractivity contribution in [3.63, 3.8) is 0 Å². The number of hydrogen-bond acceptors (Lipinski definition) is 3. The van der Waals surface area contributed by atoms with Crippen LogP contribution < -0.4 is 5.32 Å². The van der Waals surface area contributed by atoms with Gasteiger partial charge in [0.05, 0.1) is 6.54 Å². The fraction of sp³-hybridized carbons (Fsp3) is 0.842. The average molecular weight is 348 g/mol. The first kappa shape index (κ1) is 18.2. The van der Waals surface area contributed by atoms with Gasteiger partial charge in [-0.3, -0.25) is 0 Å². The van der Waals surface area contributed by atoms with Crippen LogP contribution in [0.15, 0.2) is 0 Å². The highest BCUT2D eigenvalue weighted by Crippen LogP contribution is 2.37. The SMILES string of the molecule is CCC1(CC)CCCN(C(=O)NCc2nnc3n2CCCCC3)CC1. The van der Waals surface area contributed by atoms with E-state index in [1.54, 1.807) is 0 Å². The van der Waals surface area contributed by atoms with Crippen LogP contribution in [0.4, 0.5) is 4.79 Å². The minimum absolute atomic E-state index is 0.0500. The predicted molar refractivity (Wildman–Crippen MR) is 98.3 cm³/mol. The summed E-state index contributed by atoms with van der Waals surface area (Å²) in [6, 6.07) is 0.0500. The van der Waals surface area contributed by atoms with Crippen molar-refractivity contribution in [3.8, 4) is 0 Å². The molecule has 2 aliphatic rings. The molecule has 25 heavy (non-hydrogen) atoms. The third-order valence-corrected chi connectivity index (χ3v) is 6.42. The number of aryl methyl sites for hydroxylation is 1. The highest BCUT2D eigenvalue weighted by atomic mass is 16.2. The van der Waals surface area contributed by atoms with E-state index in [1.165, 1.54) is 38.5 Å². The lowest BCUT2D eigenvalue weighted by atomic mass is 9.76. The molecule has 0 aliphatic carbocycles. The van der Waals surface area contributed by atoms with Crippen molar-refractivity contribution >= 4 is 6.03 Å². The van der Waals surface area contributed by atoms with Crippen LogP contribution in [0.1, 0.15) is 76.9 Å². The number of fused-ring (bicyclic) bond motifs is 1. The van der Waals surface area contributed by atoms with Crippen LogP contribution in [0.3, 0.4) is 0 Å². The second-order valence-electron chi connectivity index (χ2n) is 7.70. The summed E-state index contributed by atoms with van der Waals surface area (Å²) in [4.78, 5) is 14.6. The van der Waals surface area contributed by atoms with Gasteiger partial charge in [0.25, 0.3) is 0 Å². The Labute approximate surface area is 151 Å². The van der Waals surface area contributed by atoms with Gasteiger partial charge in [-0.25, -0.2) is 4.79 Å². The van der Waals surface area contributed by atoms with E-state index in [0.29, 0.717) is 12.0 Å². The topological polar surface area (TPSA) is 63.1 Å². The molecule has 0 spiro atoms. The fourth-order valence-electron chi connectivity index (χ4n) is 4.36. The van der Waals surface area contributed by atoms with E-state index in [0.717, 1.165) is 50.5 Å². The van der Waals surface area contributed by atoms with Gasteiger partial charge in [-0.1, -0.05) is 33.1 Å². The summed E-state index contributed by atoms with van der Waals surface area (Å²) >= 11 is 0.